The van der Waals surface area contributed by atoms with E-state index in [9.17, 15) is 10.2 Å². The van der Waals surface area contributed by atoms with Crippen LogP contribution in [-0.2, 0) is 0 Å². The predicted octanol–water partition coefficient (Wildman–Crippen LogP) is 4.85. The van der Waals surface area contributed by atoms with Crippen molar-refractivity contribution in [3.8, 4) is 11.8 Å². The number of aliphatic hydroxyl groups is 2. The van der Waals surface area contributed by atoms with E-state index in [1.54, 1.807) is 5.57 Å². The summed E-state index contributed by atoms with van der Waals surface area (Å²) in [5, 5.41) is 24.4. The van der Waals surface area contributed by atoms with Crippen molar-refractivity contribution in [3.05, 3.63) is 23.8 Å². The standard InChI is InChI=1S/C26H43NO2/c1-4-6-11-20(3)25(28)14-13-23-24-18-21(17-22(24)19-26(23)29)12-9-8-10-16-27-15-7-5-2/h12-14,20,22-29H,5,7-11,15-19H2,1-3H3/b14-13+,21-12+/t20-,22-,23?,24-,25+,26?/m0/s1. The lowest BCUT2D eigenvalue weighted by molar-refractivity contribution is 0.137. The third-order valence-electron chi connectivity index (χ3n) is 6.77. The summed E-state index contributed by atoms with van der Waals surface area (Å²) < 4.78 is 0. The van der Waals surface area contributed by atoms with Crippen molar-refractivity contribution >= 4 is 0 Å². The fourth-order valence-corrected chi connectivity index (χ4v) is 4.88. The Bertz CT molecular complexity index is 585. The van der Waals surface area contributed by atoms with E-state index in [0.29, 0.717) is 18.3 Å². The molecule has 0 bridgehead atoms. The molecule has 0 amide bonds. The lowest BCUT2D eigenvalue weighted by Gasteiger charge is -2.19. The molecule has 0 spiro atoms. The molecule has 0 aromatic rings. The molecule has 3 heteroatoms. The first kappa shape index (κ1) is 24.2. The molecule has 3 nitrogen and oxygen atoms in total. The molecule has 164 valence electrons. The Morgan fingerprint density at radius 2 is 2.00 bits per heavy atom. The van der Waals surface area contributed by atoms with Crippen LogP contribution in [0.5, 0.6) is 0 Å². The van der Waals surface area contributed by atoms with Gasteiger partial charge in [0.05, 0.1) is 12.2 Å². The topological polar surface area (TPSA) is 52.5 Å². The van der Waals surface area contributed by atoms with Crippen LogP contribution in [0.3, 0.4) is 0 Å². The van der Waals surface area contributed by atoms with Gasteiger partial charge in [-0.3, -0.25) is 0 Å². The summed E-state index contributed by atoms with van der Waals surface area (Å²) in [5.74, 6) is 7.41. The van der Waals surface area contributed by atoms with Gasteiger partial charge in [0.1, 0.15) is 0 Å². The van der Waals surface area contributed by atoms with Crippen LogP contribution in [0.4, 0.5) is 0 Å². The van der Waals surface area contributed by atoms with Gasteiger partial charge >= 0.3 is 0 Å². The highest BCUT2D eigenvalue weighted by Gasteiger charge is 2.44. The highest BCUT2D eigenvalue weighted by Crippen LogP contribution is 2.50. The maximum atomic E-state index is 10.5. The monoisotopic (exact) mass is 401 g/mol. The Morgan fingerprint density at radius 3 is 2.76 bits per heavy atom. The number of hydrogen-bond donors (Lipinski definition) is 3. The molecule has 0 aromatic carbocycles. The van der Waals surface area contributed by atoms with Crippen molar-refractivity contribution in [2.75, 3.05) is 13.1 Å². The van der Waals surface area contributed by atoms with E-state index in [4.69, 9.17) is 0 Å². The van der Waals surface area contributed by atoms with Crippen LogP contribution in [-0.4, -0.2) is 35.5 Å². The van der Waals surface area contributed by atoms with Gasteiger partial charge in [-0.25, -0.2) is 0 Å². The van der Waals surface area contributed by atoms with Crippen molar-refractivity contribution < 1.29 is 10.2 Å². The molecule has 2 unspecified atom stereocenters. The van der Waals surface area contributed by atoms with Crippen molar-refractivity contribution in [1.82, 2.24) is 5.32 Å². The first-order chi connectivity index (χ1) is 14.1. The Hall–Kier alpha value is -1.08. The van der Waals surface area contributed by atoms with Crippen LogP contribution in [0.1, 0.15) is 78.6 Å². The zero-order valence-electron chi connectivity index (χ0n) is 18.9. The molecule has 0 aliphatic heterocycles. The first-order valence-corrected chi connectivity index (χ1v) is 11.9. The Balaban J connectivity index is 1.75. The van der Waals surface area contributed by atoms with Gasteiger partial charge in [-0.15, -0.1) is 11.8 Å². The molecule has 2 fully saturated rings. The molecular weight excluding hydrogens is 358 g/mol. The predicted molar refractivity (Wildman–Crippen MR) is 122 cm³/mol. The molecule has 0 radical (unpaired) electrons. The molecule has 6 atom stereocenters. The largest absolute Gasteiger partial charge is 0.392 e. The van der Waals surface area contributed by atoms with Gasteiger partial charge < -0.3 is 15.5 Å². The summed E-state index contributed by atoms with van der Waals surface area (Å²) in [6.45, 7) is 8.38. The fourth-order valence-electron chi connectivity index (χ4n) is 4.88. The highest BCUT2D eigenvalue weighted by molar-refractivity contribution is 5.18. The van der Waals surface area contributed by atoms with Gasteiger partial charge in [0.15, 0.2) is 0 Å². The molecule has 0 heterocycles. The molecular formula is C26H43NO2. The quantitative estimate of drug-likeness (QED) is 0.249. The van der Waals surface area contributed by atoms with Gasteiger partial charge in [-0.2, -0.15) is 0 Å². The normalized spacial score (nSPS) is 29.8. The van der Waals surface area contributed by atoms with Crippen molar-refractivity contribution in [2.45, 2.75) is 90.8 Å². The third kappa shape index (κ3) is 7.93. The second-order valence-corrected chi connectivity index (χ2v) is 9.16. The van der Waals surface area contributed by atoms with E-state index in [1.165, 1.54) is 32.1 Å². The fraction of sp³-hybridized carbons (Fsp3) is 0.769. The van der Waals surface area contributed by atoms with Crippen LogP contribution in [0.2, 0.25) is 0 Å². The molecule has 2 aliphatic carbocycles. The summed E-state index contributed by atoms with van der Waals surface area (Å²) in [5.41, 5.74) is 1.59. The molecule has 3 N–H and O–H groups in total. The van der Waals surface area contributed by atoms with E-state index in [-0.39, 0.29) is 17.9 Å². The van der Waals surface area contributed by atoms with Crippen LogP contribution in [0.15, 0.2) is 23.8 Å². The maximum absolute atomic E-state index is 10.5. The van der Waals surface area contributed by atoms with E-state index < -0.39 is 6.10 Å². The number of nitrogens with one attached hydrogen (secondary N) is 1. The van der Waals surface area contributed by atoms with Gasteiger partial charge in [0.25, 0.3) is 0 Å². The van der Waals surface area contributed by atoms with Gasteiger partial charge in [-0.1, -0.05) is 44.1 Å². The summed E-state index contributed by atoms with van der Waals surface area (Å²) in [4.78, 5) is 0. The van der Waals surface area contributed by atoms with E-state index in [0.717, 1.165) is 32.4 Å². The minimum atomic E-state index is -0.482. The summed E-state index contributed by atoms with van der Waals surface area (Å²) in [7, 11) is 0. The molecule has 29 heavy (non-hydrogen) atoms. The summed E-state index contributed by atoms with van der Waals surface area (Å²) in [6, 6.07) is 0. The second-order valence-electron chi connectivity index (χ2n) is 9.16. The molecule has 2 rings (SSSR count). The second kappa shape index (κ2) is 13.3. The molecule has 0 aromatic heterocycles. The first-order valence-electron chi connectivity index (χ1n) is 11.9. The molecule has 0 saturated heterocycles. The van der Waals surface area contributed by atoms with Crippen LogP contribution >= 0.6 is 0 Å². The van der Waals surface area contributed by atoms with Gasteiger partial charge in [0.2, 0.25) is 0 Å². The van der Waals surface area contributed by atoms with Gasteiger partial charge in [0, 0.05) is 12.3 Å². The Morgan fingerprint density at radius 1 is 1.21 bits per heavy atom. The minimum Gasteiger partial charge on any atom is -0.392 e. The van der Waals surface area contributed by atoms with Crippen LogP contribution < -0.4 is 5.32 Å². The number of fused-ring (bicyclic) bond motifs is 1. The van der Waals surface area contributed by atoms with Crippen LogP contribution in [0, 0.1) is 35.5 Å². The highest BCUT2D eigenvalue weighted by atomic mass is 16.3. The Kier molecular flexibility index (Phi) is 11.1. The molecule has 2 saturated carbocycles. The number of rotatable bonds is 12. The zero-order chi connectivity index (χ0) is 21.1. The molecule has 2 aliphatic rings. The van der Waals surface area contributed by atoms with Gasteiger partial charge in [-0.05, 0) is 82.7 Å². The van der Waals surface area contributed by atoms with E-state index in [1.807, 2.05) is 19.9 Å². The van der Waals surface area contributed by atoms with Crippen LogP contribution in [0.25, 0.3) is 0 Å². The van der Waals surface area contributed by atoms with Crippen molar-refractivity contribution in [1.29, 1.82) is 0 Å². The average Bonchev–Trinajstić information content (AvgIpc) is 3.22. The smallest absolute Gasteiger partial charge is 0.0755 e. The lowest BCUT2D eigenvalue weighted by atomic mass is 9.89. The lowest BCUT2D eigenvalue weighted by Crippen LogP contribution is -2.19. The van der Waals surface area contributed by atoms with E-state index in [2.05, 4.69) is 36.2 Å². The SMILES string of the molecule is CC#CC[C@H](C)[C@H](O)/C=C/C1C(O)C[C@@H]2C/C(=C\CCCCNCCCC)C[C@H]12. The average molecular weight is 402 g/mol. The number of hydrogen-bond acceptors (Lipinski definition) is 3. The number of allylic oxidation sites excluding steroid dienone is 2. The van der Waals surface area contributed by atoms with Crippen molar-refractivity contribution in [3.63, 3.8) is 0 Å². The van der Waals surface area contributed by atoms with Crippen molar-refractivity contribution in [2.24, 2.45) is 23.7 Å². The zero-order valence-corrected chi connectivity index (χ0v) is 18.9. The van der Waals surface area contributed by atoms with E-state index >= 15 is 0 Å². The maximum Gasteiger partial charge on any atom is 0.0755 e. The minimum absolute atomic E-state index is 0.128. The number of unbranched alkanes of at least 4 members (excludes halogenated alkanes) is 3. The summed E-state index contributed by atoms with van der Waals surface area (Å²) >= 11 is 0. The number of aliphatic hydroxyl groups excluding tert-OH is 2. The third-order valence-corrected chi connectivity index (χ3v) is 6.77. The Labute approximate surface area is 179 Å². The summed E-state index contributed by atoms with van der Waals surface area (Å²) in [6.07, 6.45) is 15.9.